The Morgan fingerprint density at radius 2 is 2.18 bits per heavy atom. The van der Waals surface area contributed by atoms with Crippen LogP contribution >= 0.6 is 0 Å². The van der Waals surface area contributed by atoms with Crippen LogP contribution < -0.4 is 5.32 Å². The molecule has 0 aliphatic heterocycles. The number of rotatable bonds is 7. The van der Waals surface area contributed by atoms with Crippen LogP contribution in [0.15, 0.2) is 35.9 Å². The first-order valence-corrected chi connectivity index (χ1v) is 5.33. The van der Waals surface area contributed by atoms with Crippen molar-refractivity contribution >= 4 is 11.7 Å². The molecule has 1 N–H and O–H groups in total. The molecule has 1 aromatic heterocycles. The van der Waals surface area contributed by atoms with Crippen molar-refractivity contribution in [3.8, 4) is 0 Å². The molecule has 0 radical (unpaired) electrons. The lowest BCUT2D eigenvalue weighted by Gasteiger charge is -2.17. The highest BCUT2D eigenvalue weighted by atomic mass is 16.5. The number of anilines is 1. The molecule has 0 atom stereocenters. The normalized spacial score (nSPS) is 10.2. The Kier molecular flexibility index (Phi) is 5.16. The van der Waals surface area contributed by atoms with Crippen LogP contribution in [0.3, 0.4) is 0 Å². The van der Waals surface area contributed by atoms with E-state index in [0.717, 1.165) is 0 Å². The lowest BCUT2D eigenvalue weighted by Crippen LogP contribution is -2.33. The average molecular weight is 235 g/mol. The minimum Gasteiger partial charge on any atom is -0.360 e. The first kappa shape index (κ1) is 13.2. The van der Waals surface area contributed by atoms with E-state index in [1.165, 1.54) is 0 Å². The lowest BCUT2D eigenvalue weighted by atomic mass is 10.4. The van der Waals surface area contributed by atoms with Crippen LogP contribution in [0.2, 0.25) is 0 Å². The van der Waals surface area contributed by atoms with E-state index < -0.39 is 0 Å². The topological polar surface area (TPSA) is 58.4 Å². The molecule has 5 nitrogen and oxygen atoms in total. The van der Waals surface area contributed by atoms with Gasteiger partial charge in [-0.1, -0.05) is 17.3 Å². The van der Waals surface area contributed by atoms with Crippen LogP contribution in [-0.4, -0.2) is 35.6 Å². The summed E-state index contributed by atoms with van der Waals surface area (Å²) in [5, 5.41) is 6.35. The minimum atomic E-state index is -0.137. The molecular weight excluding hydrogens is 218 g/mol. The number of hydrogen-bond acceptors (Lipinski definition) is 4. The second-order valence-electron chi connectivity index (χ2n) is 3.64. The van der Waals surface area contributed by atoms with Gasteiger partial charge in [0.15, 0.2) is 5.82 Å². The summed E-state index contributed by atoms with van der Waals surface area (Å²) in [5.41, 5.74) is 0. The zero-order valence-corrected chi connectivity index (χ0v) is 9.98. The van der Waals surface area contributed by atoms with E-state index in [0.29, 0.717) is 24.7 Å². The Balaban J connectivity index is 2.46. The number of amides is 1. The van der Waals surface area contributed by atoms with E-state index in [4.69, 9.17) is 4.52 Å². The number of nitrogens with one attached hydrogen (secondary N) is 1. The second-order valence-corrected chi connectivity index (χ2v) is 3.64. The number of carbonyl (C=O) groups is 1. The number of carbonyl (C=O) groups excluding carboxylic acids is 1. The summed E-state index contributed by atoms with van der Waals surface area (Å²) in [6, 6.07) is 1.67. The number of aryl methyl sites for hydroxylation is 1. The van der Waals surface area contributed by atoms with Crippen LogP contribution in [0.4, 0.5) is 5.82 Å². The van der Waals surface area contributed by atoms with Crippen molar-refractivity contribution in [3.63, 3.8) is 0 Å². The van der Waals surface area contributed by atoms with Gasteiger partial charge in [-0.15, -0.1) is 13.2 Å². The molecule has 1 heterocycles. The quantitative estimate of drug-likeness (QED) is 0.729. The fraction of sp³-hybridized carbons (Fsp3) is 0.333. The molecular formula is C12H17N3O2. The highest BCUT2D eigenvalue weighted by Gasteiger charge is 2.10. The summed E-state index contributed by atoms with van der Waals surface area (Å²) in [6.07, 6.45) is 3.49. The number of aromatic nitrogens is 1. The van der Waals surface area contributed by atoms with Crippen LogP contribution in [-0.2, 0) is 4.79 Å². The van der Waals surface area contributed by atoms with Gasteiger partial charge in [0.2, 0.25) is 5.91 Å². The van der Waals surface area contributed by atoms with E-state index in [2.05, 4.69) is 23.6 Å². The van der Waals surface area contributed by atoms with Gasteiger partial charge in [-0.3, -0.25) is 9.69 Å². The molecule has 0 saturated carbocycles. The molecule has 0 aromatic carbocycles. The third-order valence-corrected chi connectivity index (χ3v) is 2.04. The van der Waals surface area contributed by atoms with Crippen molar-refractivity contribution in [2.75, 3.05) is 25.0 Å². The van der Waals surface area contributed by atoms with Crippen LogP contribution in [0.1, 0.15) is 5.76 Å². The summed E-state index contributed by atoms with van der Waals surface area (Å²) >= 11 is 0. The minimum absolute atomic E-state index is 0.137. The van der Waals surface area contributed by atoms with E-state index in [1.807, 2.05) is 4.90 Å². The number of nitrogens with zero attached hydrogens (tertiary/aromatic N) is 2. The molecule has 0 saturated heterocycles. The molecule has 1 amide bonds. The molecule has 1 rings (SSSR count). The highest BCUT2D eigenvalue weighted by molar-refractivity contribution is 5.91. The predicted octanol–water partition coefficient (Wildman–Crippen LogP) is 1.60. The van der Waals surface area contributed by atoms with E-state index >= 15 is 0 Å². The molecule has 0 aliphatic carbocycles. The smallest absolute Gasteiger partial charge is 0.239 e. The average Bonchev–Trinajstić information content (AvgIpc) is 2.64. The maximum atomic E-state index is 11.7. The standard InChI is InChI=1S/C12H17N3O2/c1-4-6-15(7-5-2)9-12(16)13-11-8-10(3)17-14-11/h4-5,8H,1-2,6-7,9H2,3H3,(H,13,14,16). The van der Waals surface area contributed by atoms with E-state index in [9.17, 15) is 4.79 Å². The number of hydrogen-bond donors (Lipinski definition) is 1. The molecule has 0 spiro atoms. The van der Waals surface area contributed by atoms with Crippen molar-refractivity contribution < 1.29 is 9.32 Å². The van der Waals surface area contributed by atoms with Gasteiger partial charge in [-0.2, -0.15) is 0 Å². The lowest BCUT2D eigenvalue weighted by molar-refractivity contribution is -0.117. The fourth-order valence-electron chi connectivity index (χ4n) is 1.38. The molecule has 17 heavy (non-hydrogen) atoms. The Labute approximate surface area is 101 Å². The summed E-state index contributed by atoms with van der Waals surface area (Å²) in [4.78, 5) is 13.6. The maximum absolute atomic E-state index is 11.7. The molecule has 1 aromatic rings. The molecule has 5 heteroatoms. The van der Waals surface area contributed by atoms with Gasteiger partial charge in [0.1, 0.15) is 5.76 Å². The van der Waals surface area contributed by atoms with Crippen LogP contribution in [0, 0.1) is 6.92 Å². The monoisotopic (exact) mass is 235 g/mol. The Bertz CT molecular complexity index is 388. The SMILES string of the molecule is C=CCN(CC=C)CC(=O)Nc1cc(C)on1. The Morgan fingerprint density at radius 3 is 2.65 bits per heavy atom. The molecule has 92 valence electrons. The fourth-order valence-corrected chi connectivity index (χ4v) is 1.38. The highest BCUT2D eigenvalue weighted by Crippen LogP contribution is 2.06. The van der Waals surface area contributed by atoms with Crippen molar-refractivity contribution in [2.45, 2.75) is 6.92 Å². The molecule has 0 bridgehead atoms. The van der Waals surface area contributed by atoms with Gasteiger partial charge in [-0.25, -0.2) is 0 Å². The third kappa shape index (κ3) is 4.65. The van der Waals surface area contributed by atoms with Gasteiger partial charge in [-0.05, 0) is 6.92 Å². The molecule has 0 unspecified atom stereocenters. The van der Waals surface area contributed by atoms with Crippen LogP contribution in [0.25, 0.3) is 0 Å². The largest absolute Gasteiger partial charge is 0.360 e. The first-order valence-electron chi connectivity index (χ1n) is 5.33. The predicted molar refractivity (Wildman–Crippen MR) is 66.7 cm³/mol. The maximum Gasteiger partial charge on any atom is 0.239 e. The van der Waals surface area contributed by atoms with Crippen LogP contribution in [0.5, 0.6) is 0 Å². The molecule has 0 fully saturated rings. The van der Waals surface area contributed by atoms with E-state index in [-0.39, 0.29) is 12.5 Å². The summed E-state index contributed by atoms with van der Waals surface area (Å²) in [7, 11) is 0. The van der Waals surface area contributed by atoms with Gasteiger partial charge >= 0.3 is 0 Å². The zero-order chi connectivity index (χ0) is 12.7. The van der Waals surface area contributed by atoms with Gasteiger partial charge in [0.25, 0.3) is 0 Å². The first-order chi connectivity index (χ1) is 8.15. The van der Waals surface area contributed by atoms with Crippen molar-refractivity contribution in [1.29, 1.82) is 0 Å². The zero-order valence-electron chi connectivity index (χ0n) is 9.98. The van der Waals surface area contributed by atoms with Crippen molar-refractivity contribution in [1.82, 2.24) is 10.1 Å². The summed E-state index contributed by atoms with van der Waals surface area (Å²) < 4.78 is 4.85. The third-order valence-electron chi connectivity index (χ3n) is 2.04. The summed E-state index contributed by atoms with van der Waals surface area (Å²) in [5.74, 6) is 0.959. The summed E-state index contributed by atoms with van der Waals surface area (Å²) in [6.45, 7) is 10.6. The van der Waals surface area contributed by atoms with Gasteiger partial charge < -0.3 is 9.84 Å². The van der Waals surface area contributed by atoms with Gasteiger partial charge in [0, 0.05) is 19.2 Å². The van der Waals surface area contributed by atoms with Crippen molar-refractivity contribution in [2.24, 2.45) is 0 Å². The molecule has 0 aliphatic rings. The van der Waals surface area contributed by atoms with Crippen molar-refractivity contribution in [3.05, 3.63) is 37.1 Å². The van der Waals surface area contributed by atoms with Gasteiger partial charge in [0.05, 0.1) is 6.54 Å². The Morgan fingerprint density at radius 1 is 1.53 bits per heavy atom. The van der Waals surface area contributed by atoms with E-state index in [1.54, 1.807) is 25.1 Å². The Hall–Kier alpha value is -1.88. The second kappa shape index (κ2) is 6.65.